The predicted octanol–water partition coefficient (Wildman–Crippen LogP) is 1.26. The molecule has 0 spiro atoms. The average molecular weight is 233 g/mol. The van der Waals surface area contributed by atoms with Gasteiger partial charge in [-0.1, -0.05) is 0 Å². The van der Waals surface area contributed by atoms with Gasteiger partial charge in [0.2, 0.25) is 0 Å². The smallest absolute Gasteiger partial charge is 0.0898 e. The van der Waals surface area contributed by atoms with Gasteiger partial charge in [-0.2, -0.15) is 11.8 Å². The topological polar surface area (TPSA) is 41.5 Å². The lowest BCUT2D eigenvalue weighted by atomic mass is 10.2. The van der Waals surface area contributed by atoms with Crippen molar-refractivity contribution in [3.05, 3.63) is 0 Å². The summed E-state index contributed by atoms with van der Waals surface area (Å²) in [5.41, 5.74) is -0.163. The number of hydrogen-bond donors (Lipinski definition) is 2. The van der Waals surface area contributed by atoms with Crippen molar-refractivity contribution in [3.63, 3.8) is 0 Å². The van der Waals surface area contributed by atoms with Gasteiger partial charge in [0.1, 0.15) is 0 Å². The normalized spacial score (nSPS) is 24.4. The Morgan fingerprint density at radius 3 is 2.80 bits per heavy atom. The van der Waals surface area contributed by atoms with Crippen LogP contribution in [0.5, 0.6) is 0 Å². The zero-order valence-corrected chi connectivity index (χ0v) is 10.8. The van der Waals surface area contributed by atoms with Crippen LogP contribution in [0, 0.1) is 0 Å². The van der Waals surface area contributed by atoms with Crippen molar-refractivity contribution in [2.24, 2.45) is 0 Å². The van der Waals surface area contributed by atoms with Gasteiger partial charge in [0.25, 0.3) is 0 Å². The van der Waals surface area contributed by atoms with Crippen molar-refractivity contribution in [1.29, 1.82) is 0 Å². The fraction of sp³-hybridized carbons (Fsp3) is 1.00. The third kappa shape index (κ3) is 6.40. The fourth-order valence-electron chi connectivity index (χ4n) is 1.40. The summed E-state index contributed by atoms with van der Waals surface area (Å²) in [7, 11) is 0. The Bertz CT molecular complexity index is 176. The number of ether oxygens (including phenoxy) is 1. The van der Waals surface area contributed by atoms with Crippen molar-refractivity contribution in [2.75, 3.05) is 24.7 Å². The van der Waals surface area contributed by atoms with E-state index in [1.165, 1.54) is 17.9 Å². The number of nitrogens with one attached hydrogen (secondary N) is 1. The van der Waals surface area contributed by atoms with Gasteiger partial charge in [0, 0.05) is 18.3 Å². The van der Waals surface area contributed by atoms with Crippen molar-refractivity contribution >= 4 is 11.8 Å². The third-order valence-electron chi connectivity index (χ3n) is 2.28. The minimum Gasteiger partial charge on any atom is -0.389 e. The van der Waals surface area contributed by atoms with Crippen LogP contribution in [0.1, 0.15) is 27.2 Å². The lowest BCUT2D eigenvalue weighted by Gasteiger charge is -2.22. The second kappa shape index (κ2) is 6.09. The highest BCUT2D eigenvalue weighted by Gasteiger charge is 2.17. The largest absolute Gasteiger partial charge is 0.389 e. The van der Waals surface area contributed by atoms with Crippen LogP contribution in [0.2, 0.25) is 0 Å². The van der Waals surface area contributed by atoms with E-state index >= 15 is 0 Å². The fourth-order valence-corrected chi connectivity index (χ4v) is 2.59. The van der Waals surface area contributed by atoms with E-state index in [2.05, 4.69) is 5.32 Å². The number of rotatable bonds is 5. The van der Waals surface area contributed by atoms with E-state index in [0.717, 1.165) is 0 Å². The molecular weight excluding hydrogens is 210 g/mol. The van der Waals surface area contributed by atoms with Gasteiger partial charge >= 0.3 is 0 Å². The quantitative estimate of drug-likeness (QED) is 0.750. The average Bonchev–Trinajstić information content (AvgIpc) is 2.62. The first kappa shape index (κ1) is 13.3. The van der Waals surface area contributed by atoms with E-state index in [9.17, 15) is 5.11 Å². The first-order valence-corrected chi connectivity index (χ1v) is 6.76. The third-order valence-corrected chi connectivity index (χ3v) is 3.44. The molecule has 1 aliphatic heterocycles. The Morgan fingerprint density at radius 1 is 1.53 bits per heavy atom. The number of aliphatic hydroxyl groups is 1. The van der Waals surface area contributed by atoms with E-state index in [1.54, 1.807) is 0 Å². The molecule has 1 fully saturated rings. The van der Waals surface area contributed by atoms with E-state index < -0.39 is 6.10 Å². The molecule has 1 aliphatic rings. The zero-order chi connectivity index (χ0) is 11.3. The molecule has 0 aromatic carbocycles. The first-order chi connectivity index (χ1) is 6.97. The lowest BCUT2D eigenvalue weighted by Crippen LogP contribution is -2.38. The van der Waals surface area contributed by atoms with Crippen molar-refractivity contribution in [3.8, 4) is 0 Å². The van der Waals surface area contributed by atoms with Gasteiger partial charge < -0.3 is 15.2 Å². The van der Waals surface area contributed by atoms with Crippen LogP contribution in [-0.4, -0.2) is 47.5 Å². The van der Waals surface area contributed by atoms with E-state index in [-0.39, 0.29) is 5.60 Å². The Morgan fingerprint density at radius 2 is 2.27 bits per heavy atom. The monoisotopic (exact) mass is 233 g/mol. The summed E-state index contributed by atoms with van der Waals surface area (Å²) in [4.78, 5) is 0. The molecule has 0 amide bonds. The highest BCUT2D eigenvalue weighted by molar-refractivity contribution is 7.99. The number of aliphatic hydroxyl groups excluding tert-OH is 1. The highest BCUT2D eigenvalue weighted by Crippen LogP contribution is 2.16. The summed E-state index contributed by atoms with van der Waals surface area (Å²) >= 11 is 1.98. The van der Waals surface area contributed by atoms with Crippen molar-refractivity contribution < 1.29 is 9.84 Å². The van der Waals surface area contributed by atoms with Crippen LogP contribution in [-0.2, 0) is 4.74 Å². The summed E-state index contributed by atoms with van der Waals surface area (Å²) in [6.45, 7) is 7.06. The Labute approximate surface area is 97.0 Å². The van der Waals surface area contributed by atoms with E-state index in [0.29, 0.717) is 19.2 Å². The molecule has 0 saturated carbocycles. The molecule has 2 atom stereocenters. The van der Waals surface area contributed by atoms with Gasteiger partial charge in [-0.25, -0.2) is 0 Å². The van der Waals surface area contributed by atoms with Gasteiger partial charge in [0.15, 0.2) is 0 Å². The SMILES string of the molecule is CC(C)(C)OCC(O)CNC1CCSC1. The van der Waals surface area contributed by atoms with Crippen LogP contribution < -0.4 is 5.32 Å². The van der Waals surface area contributed by atoms with Gasteiger partial charge in [-0.3, -0.25) is 0 Å². The lowest BCUT2D eigenvalue weighted by molar-refractivity contribution is -0.0482. The maximum absolute atomic E-state index is 9.68. The van der Waals surface area contributed by atoms with Crippen LogP contribution in [0.25, 0.3) is 0 Å². The summed E-state index contributed by atoms with van der Waals surface area (Å²) < 4.78 is 5.51. The Balaban J connectivity index is 2.05. The molecule has 90 valence electrons. The highest BCUT2D eigenvalue weighted by atomic mass is 32.2. The summed E-state index contributed by atoms with van der Waals surface area (Å²) in [6, 6.07) is 0.583. The van der Waals surface area contributed by atoms with Crippen LogP contribution in [0.3, 0.4) is 0 Å². The molecule has 0 aromatic rings. The van der Waals surface area contributed by atoms with Crippen LogP contribution >= 0.6 is 11.8 Å². The summed E-state index contributed by atoms with van der Waals surface area (Å²) in [5.74, 6) is 2.42. The van der Waals surface area contributed by atoms with Crippen molar-refractivity contribution in [2.45, 2.75) is 44.9 Å². The molecule has 2 N–H and O–H groups in total. The molecule has 3 nitrogen and oxygen atoms in total. The van der Waals surface area contributed by atoms with Crippen LogP contribution in [0.15, 0.2) is 0 Å². The van der Waals surface area contributed by atoms with E-state index in [4.69, 9.17) is 4.74 Å². The second-order valence-corrected chi connectivity index (χ2v) is 6.20. The number of thioether (sulfide) groups is 1. The first-order valence-electron chi connectivity index (χ1n) is 5.60. The molecule has 1 saturated heterocycles. The number of hydrogen-bond acceptors (Lipinski definition) is 4. The zero-order valence-electron chi connectivity index (χ0n) is 9.95. The van der Waals surface area contributed by atoms with Crippen molar-refractivity contribution in [1.82, 2.24) is 5.32 Å². The molecule has 1 heterocycles. The maximum Gasteiger partial charge on any atom is 0.0898 e. The molecule has 0 aliphatic carbocycles. The van der Waals surface area contributed by atoms with Gasteiger partial charge in [0.05, 0.1) is 18.3 Å². The van der Waals surface area contributed by atoms with Gasteiger partial charge in [-0.15, -0.1) is 0 Å². The minimum absolute atomic E-state index is 0.163. The Kier molecular flexibility index (Phi) is 5.39. The standard InChI is InChI=1S/C11H23NO2S/c1-11(2,3)14-7-10(13)6-12-9-4-5-15-8-9/h9-10,12-13H,4-8H2,1-3H3. The molecule has 1 rings (SSSR count). The summed E-state index contributed by atoms with van der Waals surface area (Å²) in [6.07, 6.45) is 0.826. The van der Waals surface area contributed by atoms with Crippen LogP contribution in [0.4, 0.5) is 0 Å². The minimum atomic E-state index is -0.394. The summed E-state index contributed by atoms with van der Waals surface area (Å²) in [5, 5.41) is 13.0. The predicted molar refractivity (Wildman–Crippen MR) is 65.4 cm³/mol. The molecule has 2 unspecified atom stereocenters. The van der Waals surface area contributed by atoms with E-state index in [1.807, 2.05) is 32.5 Å². The molecule has 0 radical (unpaired) electrons. The maximum atomic E-state index is 9.68. The molecular formula is C11H23NO2S. The molecule has 0 aromatic heterocycles. The van der Waals surface area contributed by atoms with Gasteiger partial charge in [-0.05, 0) is 32.9 Å². The molecule has 15 heavy (non-hydrogen) atoms. The second-order valence-electron chi connectivity index (χ2n) is 5.05. The molecule has 4 heteroatoms. The Hall–Kier alpha value is 0.230. The molecule has 0 bridgehead atoms.